The lowest BCUT2D eigenvalue weighted by Gasteiger charge is -2.30. The van der Waals surface area contributed by atoms with Crippen LogP contribution in [0.25, 0.3) is 0 Å². The average molecular weight is 281 g/mol. The Morgan fingerprint density at radius 2 is 2.15 bits per heavy atom. The van der Waals surface area contributed by atoms with Gasteiger partial charge in [-0.2, -0.15) is 0 Å². The number of rotatable bonds is 7. The fourth-order valence-electron chi connectivity index (χ4n) is 1.98. The topological polar surface area (TPSA) is 67.8 Å². The van der Waals surface area contributed by atoms with Gasteiger partial charge >= 0.3 is 5.97 Å². The Morgan fingerprint density at radius 3 is 2.70 bits per heavy atom. The van der Waals surface area contributed by atoms with Crippen LogP contribution in [0.5, 0.6) is 5.75 Å². The Hall–Kier alpha value is -1.59. The molecule has 0 bridgehead atoms. The third-order valence-electron chi connectivity index (χ3n) is 2.85. The molecule has 1 unspecified atom stereocenters. The summed E-state index contributed by atoms with van der Waals surface area (Å²) in [6.07, 6.45) is 0. The molecule has 5 nitrogen and oxygen atoms in total. The number of hydrogen-bond donors (Lipinski definition) is 2. The Labute approximate surface area is 119 Å². The second-order valence-electron chi connectivity index (χ2n) is 5.22. The summed E-state index contributed by atoms with van der Waals surface area (Å²) in [7, 11) is 1.36. The van der Waals surface area contributed by atoms with Crippen LogP contribution in [0.2, 0.25) is 0 Å². The highest BCUT2D eigenvalue weighted by molar-refractivity contribution is 5.80. The van der Waals surface area contributed by atoms with Gasteiger partial charge in [0.1, 0.15) is 17.9 Å². The summed E-state index contributed by atoms with van der Waals surface area (Å²) in [5.41, 5.74) is -0.155. The Kier molecular flexibility index (Phi) is 5.98. The lowest BCUT2D eigenvalue weighted by atomic mass is 10.0. The van der Waals surface area contributed by atoms with E-state index < -0.39 is 5.54 Å². The maximum Gasteiger partial charge on any atom is 0.329 e. The summed E-state index contributed by atoms with van der Waals surface area (Å²) in [6, 6.07) is 7.25. The van der Waals surface area contributed by atoms with Crippen molar-refractivity contribution in [1.82, 2.24) is 5.32 Å². The highest BCUT2D eigenvalue weighted by Crippen LogP contribution is 2.16. The first-order valence-electron chi connectivity index (χ1n) is 6.60. The molecule has 0 aliphatic carbocycles. The SMILES string of the molecule is COC(=O)C(C)(COc1cccc(CO)c1)NC(C)C. The molecule has 20 heavy (non-hydrogen) atoms. The fourth-order valence-corrected chi connectivity index (χ4v) is 1.98. The maximum atomic E-state index is 11.9. The van der Waals surface area contributed by atoms with E-state index in [4.69, 9.17) is 14.6 Å². The molecular weight excluding hydrogens is 258 g/mol. The van der Waals surface area contributed by atoms with Gasteiger partial charge in [-0.15, -0.1) is 0 Å². The van der Waals surface area contributed by atoms with Gasteiger partial charge in [0.25, 0.3) is 0 Å². The number of hydrogen-bond acceptors (Lipinski definition) is 5. The summed E-state index contributed by atoms with van der Waals surface area (Å²) in [5, 5.41) is 12.3. The van der Waals surface area contributed by atoms with E-state index in [2.05, 4.69) is 5.32 Å². The monoisotopic (exact) mass is 281 g/mol. The normalized spacial score (nSPS) is 13.9. The van der Waals surface area contributed by atoms with E-state index in [0.717, 1.165) is 5.56 Å². The number of carbonyl (C=O) groups is 1. The summed E-state index contributed by atoms with van der Waals surface area (Å²) in [5.74, 6) is 0.238. The van der Waals surface area contributed by atoms with Gasteiger partial charge in [-0.3, -0.25) is 5.32 Å². The van der Waals surface area contributed by atoms with Gasteiger partial charge in [0.15, 0.2) is 0 Å². The predicted molar refractivity (Wildman–Crippen MR) is 76.6 cm³/mol. The number of carbonyl (C=O) groups excluding carboxylic acids is 1. The second-order valence-corrected chi connectivity index (χ2v) is 5.22. The van der Waals surface area contributed by atoms with Crippen molar-refractivity contribution in [2.75, 3.05) is 13.7 Å². The number of esters is 1. The van der Waals surface area contributed by atoms with Crippen LogP contribution < -0.4 is 10.1 Å². The van der Waals surface area contributed by atoms with Crippen LogP contribution in [0.15, 0.2) is 24.3 Å². The molecule has 0 radical (unpaired) electrons. The van der Waals surface area contributed by atoms with Gasteiger partial charge in [0, 0.05) is 6.04 Å². The largest absolute Gasteiger partial charge is 0.491 e. The standard InChI is InChI=1S/C15H23NO4/c1-11(2)16-15(3,14(18)19-4)10-20-13-7-5-6-12(8-13)9-17/h5-8,11,16-17H,9-10H2,1-4H3. The van der Waals surface area contributed by atoms with Gasteiger partial charge in [0.05, 0.1) is 13.7 Å². The molecule has 0 amide bonds. The molecule has 0 spiro atoms. The van der Waals surface area contributed by atoms with Crippen LogP contribution in [-0.2, 0) is 16.1 Å². The average Bonchev–Trinajstić information content (AvgIpc) is 2.43. The molecule has 0 saturated carbocycles. The second kappa shape index (κ2) is 7.26. The lowest BCUT2D eigenvalue weighted by molar-refractivity contribution is -0.149. The number of methoxy groups -OCH3 is 1. The van der Waals surface area contributed by atoms with Gasteiger partial charge in [-0.05, 0) is 38.5 Å². The van der Waals surface area contributed by atoms with Crippen LogP contribution in [0.4, 0.5) is 0 Å². The third-order valence-corrected chi connectivity index (χ3v) is 2.85. The van der Waals surface area contributed by atoms with Crippen LogP contribution in [-0.4, -0.2) is 36.4 Å². The minimum Gasteiger partial charge on any atom is -0.491 e. The number of aliphatic hydroxyl groups excluding tert-OH is 1. The summed E-state index contributed by atoms with van der Waals surface area (Å²) < 4.78 is 10.5. The fraction of sp³-hybridized carbons (Fsp3) is 0.533. The maximum absolute atomic E-state index is 11.9. The van der Waals surface area contributed by atoms with Gasteiger partial charge in [-0.1, -0.05) is 12.1 Å². The van der Waals surface area contributed by atoms with E-state index in [9.17, 15) is 4.79 Å². The highest BCUT2D eigenvalue weighted by Gasteiger charge is 2.35. The van der Waals surface area contributed by atoms with Crippen LogP contribution in [0.1, 0.15) is 26.3 Å². The minimum atomic E-state index is -0.919. The van der Waals surface area contributed by atoms with Crippen molar-refractivity contribution in [3.05, 3.63) is 29.8 Å². The lowest BCUT2D eigenvalue weighted by Crippen LogP contribution is -2.56. The van der Waals surface area contributed by atoms with Crippen molar-refractivity contribution in [2.45, 2.75) is 39.0 Å². The van der Waals surface area contributed by atoms with Gasteiger partial charge in [0.2, 0.25) is 0 Å². The molecule has 0 heterocycles. The van der Waals surface area contributed by atoms with E-state index in [1.807, 2.05) is 13.8 Å². The van der Waals surface area contributed by atoms with Gasteiger partial charge in [-0.25, -0.2) is 4.79 Å². The molecule has 5 heteroatoms. The first-order valence-corrected chi connectivity index (χ1v) is 6.60. The Morgan fingerprint density at radius 1 is 1.45 bits per heavy atom. The van der Waals surface area contributed by atoms with Crippen molar-refractivity contribution < 1.29 is 19.4 Å². The van der Waals surface area contributed by atoms with E-state index >= 15 is 0 Å². The molecule has 112 valence electrons. The van der Waals surface area contributed by atoms with Crippen molar-refractivity contribution in [1.29, 1.82) is 0 Å². The zero-order valence-electron chi connectivity index (χ0n) is 12.5. The van der Waals surface area contributed by atoms with E-state index in [1.54, 1.807) is 31.2 Å². The quantitative estimate of drug-likeness (QED) is 0.741. The molecule has 1 aromatic rings. The Bertz CT molecular complexity index is 447. The van der Waals surface area contributed by atoms with Crippen molar-refractivity contribution in [2.24, 2.45) is 0 Å². The molecule has 1 aromatic carbocycles. The highest BCUT2D eigenvalue weighted by atomic mass is 16.5. The molecule has 0 saturated heterocycles. The summed E-state index contributed by atoms with van der Waals surface area (Å²) in [6.45, 7) is 5.75. The molecule has 0 aliphatic rings. The molecular formula is C15H23NO4. The van der Waals surface area contributed by atoms with Crippen LogP contribution >= 0.6 is 0 Å². The Balaban J connectivity index is 2.77. The number of aliphatic hydroxyl groups is 1. The van der Waals surface area contributed by atoms with Gasteiger partial charge < -0.3 is 14.6 Å². The smallest absolute Gasteiger partial charge is 0.329 e. The molecule has 0 aliphatic heterocycles. The van der Waals surface area contributed by atoms with Crippen molar-refractivity contribution in [3.63, 3.8) is 0 Å². The predicted octanol–water partition coefficient (Wildman–Crippen LogP) is 1.49. The van der Waals surface area contributed by atoms with E-state index in [-0.39, 0.29) is 25.2 Å². The molecule has 0 fully saturated rings. The number of ether oxygens (including phenoxy) is 2. The summed E-state index contributed by atoms with van der Waals surface area (Å²) >= 11 is 0. The molecule has 1 rings (SSSR count). The summed E-state index contributed by atoms with van der Waals surface area (Å²) in [4.78, 5) is 11.9. The van der Waals surface area contributed by atoms with E-state index in [0.29, 0.717) is 5.75 Å². The third kappa shape index (κ3) is 4.51. The number of nitrogens with one attached hydrogen (secondary N) is 1. The zero-order valence-corrected chi connectivity index (χ0v) is 12.5. The van der Waals surface area contributed by atoms with Crippen LogP contribution in [0.3, 0.4) is 0 Å². The van der Waals surface area contributed by atoms with Crippen LogP contribution in [0, 0.1) is 0 Å². The number of benzene rings is 1. The zero-order chi connectivity index (χ0) is 15.2. The molecule has 0 aromatic heterocycles. The van der Waals surface area contributed by atoms with Crippen molar-refractivity contribution in [3.8, 4) is 5.75 Å². The van der Waals surface area contributed by atoms with E-state index in [1.165, 1.54) is 7.11 Å². The first-order chi connectivity index (χ1) is 9.41. The van der Waals surface area contributed by atoms with Crippen molar-refractivity contribution >= 4 is 5.97 Å². The minimum absolute atomic E-state index is 0.0459. The molecule has 2 N–H and O–H groups in total. The molecule has 1 atom stereocenters. The first kappa shape index (κ1) is 16.5.